The molecule has 0 atom stereocenters. The van der Waals surface area contributed by atoms with Crippen LogP contribution in [0.2, 0.25) is 0 Å². The second-order valence-corrected chi connectivity index (χ2v) is 4.01. The minimum atomic E-state index is -0.135. The summed E-state index contributed by atoms with van der Waals surface area (Å²) in [6.07, 6.45) is 2.95. The topological polar surface area (TPSA) is 93.3 Å². The molecule has 0 saturated heterocycles. The normalized spacial score (nSPS) is 23.6. The number of anilines is 2. The Kier molecular flexibility index (Phi) is 3.09. The average Bonchev–Trinajstić information content (AvgIpc) is 2.23. The van der Waals surface area contributed by atoms with Crippen LogP contribution < -0.4 is 15.8 Å². The second-order valence-electron chi connectivity index (χ2n) is 4.01. The van der Waals surface area contributed by atoms with Crippen molar-refractivity contribution in [1.82, 2.24) is 9.97 Å². The Hall–Kier alpha value is -1.56. The van der Waals surface area contributed by atoms with Crippen molar-refractivity contribution >= 4 is 11.6 Å². The van der Waals surface area contributed by atoms with Gasteiger partial charge in [-0.15, -0.1) is 0 Å². The van der Waals surface area contributed by atoms with E-state index < -0.39 is 0 Å². The number of nitrogens with one attached hydrogen (secondary N) is 1. The number of nitrogens with zero attached hydrogens (tertiary/aromatic N) is 2. The van der Waals surface area contributed by atoms with Crippen LogP contribution in [0.1, 0.15) is 12.8 Å². The molecule has 88 valence electrons. The number of aliphatic hydroxyl groups excluding tert-OH is 1. The molecule has 1 heterocycles. The zero-order chi connectivity index (χ0) is 11.5. The van der Waals surface area contributed by atoms with Crippen molar-refractivity contribution in [1.29, 1.82) is 0 Å². The molecule has 1 saturated carbocycles. The third-order valence-corrected chi connectivity index (χ3v) is 2.80. The van der Waals surface area contributed by atoms with Crippen LogP contribution in [0, 0.1) is 5.92 Å². The van der Waals surface area contributed by atoms with Gasteiger partial charge in [0.2, 0.25) is 5.75 Å². The van der Waals surface area contributed by atoms with Gasteiger partial charge in [-0.2, -0.15) is 0 Å². The third-order valence-electron chi connectivity index (χ3n) is 2.80. The van der Waals surface area contributed by atoms with E-state index in [1.807, 2.05) is 0 Å². The fraction of sp³-hybridized carbons (Fsp3) is 0.600. The molecule has 4 N–H and O–H groups in total. The summed E-state index contributed by atoms with van der Waals surface area (Å²) in [6.45, 7) is 0.768. The molecule has 1 aromatic rings. The molecule has 0 amide bonds. The van der Waals surface area contributed by atoms with Crippen molar-refractivity contribution in [3.63, 3.8) is 0 Å². The molecule has 1 aromatic heterocycles. The predicted octanol–water partition coefficient (Wildman–Crippen LogP) is 0.250. The van der Waals surface area contributed by atoms with Crippen molar-refractivity contribution in [3.8, 4) is 5.75 Å². The SMILES string of the molecule is COc1c(N)ncnc1NCC1CC(O)C1. The van der Waals surface area contributed by atoms with Crippen LogP contribution in [0.3, 0.4) is 0 Å². The van der Waals surface area contributed by atoms with E-state index in [4.69, 9.17) is 15.6 Å². The molecular weight excluding hydrogens is 208 g/mol. The van der Waals surface area contributed by atoms with E-state index in [0.29, 0.717) is 23.3 Å². The van der Waals surface area contributed by atoms with Gasteiger partial charge in [0, 0.05) is 6.54 Å². The molecule has 1 aliphatic carbocycles. The van der Waals surface area contributed by atoms with Crippen LogP contribution in [0.5, 0.6) is 5.75 Å². The first-order chi connectivity index (χ1) is 7.70. The van der Waals surface area contributed by atoms with Crippen LogP contribution in [-0.4, -0.2) is 34.8 Å². The van der Waals surface area contributed by atoms with Crippen LogP contribution in [0.4, 0.5) is 11.6 Å². The van der Waals surface area contributed by atoms with Gasteiger partial charge in [0.15, 0.2) is 11.6 Å². The first-order valence-electron chi connectivity index (χ1n) is 5.27. The van der Waals surface area contributed by atoms with Gasteiger partial charge in [-0.1, -0.05) is 0 Å². The van der Waals surface area contributed by atoms with E-state index in [9.17, 15) is 0 Å². The lowest BCUT2D eigenvalue weighted by molar-refractivity contribution is 0.0486. The molecular formula is C10H16N4O2. The molecule has 0 aliphatic heterocycles. The quantitative estimate of drug-likeness (QED) is 0.679. The summed E-state index contributed by atoms with van der Waals surface area (Å²) < 4.78 is 5.12. The van der Waals surface area contributed by atoms with Crippen LogP contribution in [0.15, 0.2) is 6.33 Å². The van der Waals surface area contributed by atoms with Gasteiger partial charge in [0.05, 0.1) is 13.2 Å². The summed E-state index contributed by atoms with van der Waals surface area (Å²) >= 11 is 0. The third kappa shape index (κ3) is 2.16. The summed E-state index contributed by atoms with van der Waals surface area (Å²) in [5.74, 6) is 1.91. The zero-order valence-electron chi connectivity index (χ0n) is 9.18. The van der Waals surface area contributed by atoms with E-state index in [1.165, 1.54) is 13.4 Å². The highest BCUT2D eigenvalue weighted by atomic mass is 16.5. The Labute approximate surface area is 93.9 Å². The molecule has 0 aromatic carbocycles. The number of nitrogens with two attached hydrogens (primary N) is 1. The van der Waals surface area contributed by atoms with Gasteiger partial charge >= 0.3 is 0 Å². The molecule has 0 radical (unpaired) electrons. The predicted molar refractivity (Wildman–Crippen MR) is 60.2 cm³/mol. The standard InChI is InChI=1S/C10H16N4O2/c1-16-8-9(11)13-5-14-10(8)12-4-6-2-7(15)3-6/h5-7,15H,2-4H2,1H3,(H3,11,12,13,14). The Balaban J connectivity index is 1.95. The van der Waals surface area contributed by atoms with E-state index in [0.717, 1.165) is 19.4 Å². The molecule has 1 fully saturated rings. The van der Waals surface area contributed by atoms with E-state index in [-0.39, 0.29) is 6.10 Å². The molecule has 6 nitrogen and oxygen atoms in total. The van der Waals surface area contributed by atoms with Gasteiger partial charge in [0.1, 0.15) is 6.33 Å². The number of aliphatic hydroxyl groups is 1. The van der Waals surface area contributed by atoms with Gasteiger partial charge in [-0.05, 0) is 18.8 Å². The molecule has 16 heavy (non-hydrogen) atoms. The first kappa shape index (κ1) is 10.9. The number of hydrogen-bond donors (Lipinski definition) is 3. The monoisotopic (exact) mass is 224 g/mol. The van der Waals surface area contributed by atoms with E-state index in [2.05, 4.69) is 15.3 Å². The molecule has 0 unspecified atom stereocenters. The van der Waals surface area contributed by atoms with Crippen LogP contribution >= 0.6 is 0 Å². The largest absolute Gasteiger partial charge is 0.490 e. The Bertz CT molecular complexity index is 366. The smallest absolute Gasteiger partial charge is 0.203 e. The maximum atomic E-state index is 9.16. The van der Waals surface area contributed by atoms with Gasteiger partial charge in [-0.25, -0.2) is 9.97 Å². The van der Waals surface area contributed by atoms with Gasteiger partial charge in [0.25, 0.3) is 0 Å². The minimum Gasteiger partial charge on any atom is -0.490 e. The zero-order valence-corrected chi connectivity index (χ0v) is 9.18. The molecule has 2 rings (SSSR count). The lowest BCUT2D eigenvalue weighted by Crippen LogP contribution is -2.33. The number of rotatable bonds is 4. The van der Waals surface area contributed by atoms with Crippen molar-refractivity contribution < 1.29 is 9.84 Å². The first-order valence-corrected chi connectivity index (χ1v) is 5.27. The number of hydrogen-bond acceptors (Lipinski definition) is 6. The summed E-state index contributed by atoms with van der Waals surface area (Å²) in [6, 6.07) is 0. The van der Waals surface area contributed by atoms with Crippen LogP contribution in [0.25, 0.3) is 0 Å². The summed E-state index contributed by atoms with van der Waals surface area (Å²) in [7, 11) is 1.54. The maximum Gasteiger partial charge on any atom is 0.203 e. The Morgan fingerprint density at radius 2 is 2.31 bits per heavy atom. The molecule has 1 aliphatic rings. The minimum absolute atomic E-state index is 0.135. The maximum absolute atomic E-state index is 9.16. The second kappa shape index (κ2) is 4.52. The Morgan fingerprint density at radius 3 is 2.94 bits per heavy atom. The van der Waals surface area contributed by atoms with Crippen molar-refractivity contribution in [2.24, 2.45) is 5.92 Å². The lowest BCUT2D eigenvalue weighted by atomic mass is 9.82. The van der Waals surface area contributed by atoms with Gasteiger partial charge < -0.3 is 20.9 Å². The highest BCUT2D eigenvalue weighted by molar-refractivity contribution is 5.61. The summed E-state index contributed by atoms with van der Waals surface area (Å²) in [5.41, 5.74) is 5.65. The molecule has 0 bridgehead atoms. The van der Waals surface area contributed by atoms with E-state index in [1.54, 1.807) is 0 Å². The van der Waals surface area contributed by atoms with Crippen molar-refractivity contribution in [2.45, 2.75) is 18.9 Å². The van der Waals surface area contributed by atoms with E-state index >= 15 is 0 Å². The highest BCUT2D eigenvalue weighted by Gasteiger charge is 2.27. The number of ether oxygens (including phenoxy) is 1. The van der Waals surface area contributed by atoms with Crippen molar-refractivity contribution in [3.05, 3.63) is 6.33 Å². The summed E-state index contributed by atoms with van der Waals surface area (Å²) in [5, 5.41) is 12.3. The number of methoxy groups -OCH3 is 1. The van der Waals surface area contributed by atoms with Crippen molar-refractivity contribution in [2.75, 3.05) is 24.7 Å². The number of nitrogen functional groups attached to an aromatic ring is 1. The Morgan fingerprint density at radius 1 is 1.56 bits per heavy atom. The lowest BCUT2D eigenvalue weighted by Gasteiger charge is -2.31. The highest BCUT2D eigenvalue weighted by Crippen LogP contribution is 2.30. The molecule has 6 heteroatoms. The fourth-order valence-corrected chi connectivity index (χ4v) is 1.82. The molecule has 0 spiro atoms. The van der Waals surface area contributed by atoms with Crippen LogP contribution in [-0.2, 0) is 0 Å². The average molecular weight is 224 g/mol. The fourth-order valence-electron chi connectivity index (χ4n) is 1.82. The summed E-state index contributed by atoms with van der Waals surface area (Å²) in [4.78, 5) is 7.92. The van der Waals surface area contributed by atoms with Gasteiger partial charge in [-0.3, -0.25) is 0 Å². The number of aromatic nitrogens is 2.